The molecule has 2 fully saturated rings. The van der Waals surface area contributed by atoms with E-state index in [9.17, 15) is 4.79 Å². The summed E-state index contributed by atoms with van der Waals surface area (Å²) in [7, 11) is 0. The van der Waals surface area contributed by atoms with Crippen molar-refractivity contribution in [2.75, 3.05) is 31.3 Å². The summed E-state index contributed by atoms with van der Waals surface area (Å²) < 4.78 is 5.39. The van der Waals surface area contributed by atoms with Crippen molar-refractivity contribution in [2.45, 2.75) is 72.4 Å². The van der Waals surface area contributed by atoms with Gasteiger partial charge in [-0.15, -0.1) is 0 Å². The summed E-state index contributed by atoms with van der Waals surface area (Å²) in [5.74, 6) is 0.848. The van der Waals surface area contributed by atoms with Crippen molar-refractivity contribution < 1.29 is 9.53 Å². The molecule has 0 spiro atoms. The Kier molecular flexibility index (Phi) is 7.63. The number of nitrogens with one attached hydrogen (secondary N) is 1. The second-order valence-corrected chi connectivity index (χ2v) is 10.8. The highest BCUT2D eigenvalue weighted by molar-refractivity contribution is 5.77. The van der Waals surface area contributed by atoms with Crippen LogP contribution in [0.2, 0.25) is 0 Å². The Bertz CT molecular complexity index is 968. The molecule has 1 N–H and O–H groups in total. The zero-order chi connectivity index (χ0) is 24.3. The van der Waals surface area contributed by atoms with Crippen LogP contribution < -0.4 is 10.4 Å². The molecule has 5 nitrogen and oxygen atoms in total. The molecule has 3 aliphatic rings. The quantitative estimate of drug-likeness (QED) is 0.627. The first-order chi connectivity index (χ1) is 16.4. The van der Waals surface area contributed by atoms with Crippen molar-refractivity contribution in [3.05, 3.63) is 53.6 Å². The molecule has 2 aromatic carbocycles. The second-order valence-electron chi connectivity index (χ2n) is 10.8. The van der Waals surface area contributed by atoms with Gasteiger partial charge in [0.2, 0.25) is 5.91 Å². The smallest absolute Gasteiger partial charge is 0.223 e. The van der Waals surface area contributed by atoms with E-state index in [0.29, 0.717) is 24.3 Å². The molecule has 1 amide bonds. The van der Waals surface area contributed by atoms with Crippen LogP contribution in [0.3, 0.4) is 0 Å². The summed E-state index contributed by atoms with van der Waals surface area (Å²) in [6.45, 7) is 14.6. The fourth-order valence-electron chi connectivity index (χ4n) is 5.05. The summed E-state index contributed by atoms with van der Waals surface area (Å²) in [4.78, 5) is 14.6. The third kappa shape index (κ3) is 5.47. The van der Waals surface area contributed by atoms with E-state index in [4.69, 9.17) is 4.74 Å². The van der Waals surface area contributed by atoms with Crippen LogP contribution in [0.4, 0.5) is 5.69 Å². The van der Waals surface area contributed by atoms with Gasteiger partial charge in [-0.2, -0.15) is 0 Å². The normalized spacial score (nSPS) is 18.7. The second kappa shape index (κ2) is 10.5. The minimum absolute atomic E-state index is 0.0556. The maximum Gasteiger partial charge on any atom is 0.223 e. The number of hydrazine groups is 1. The number of ether oxygens (including phenoxy) is 1. The number of likely N-dealkylation sites (tertiary alicyclic amines) is 1. The number of carbonyl (C=O) groups excluding carboxylic acids is 1. The Morgan fingerprint density at radius 3 is 2.24 bits per heavy atom. The first-order valence-electron chi connectivity index (χ1n) is 13.0. The van der Waals surface area contributed by atoms with E-state index < -0.39 is 0 Å². The van der Waals surface area contributed by atoms with Crippen molar-refractivity contribution >= 4 is 11.6 Å². The Morgan fingerprint density at radius 1 is 1.00 bits per heavy atom. The van der Waals surface area contributed by atoms with Crippen molar-refractivity contribution in [1.29, 1.82) is 0 Å². The van der Waals surface area contributed by atoms with Crippen LogP contribution in [0.25, 0.3) is 11.1 Å². The van der Waals surface area contributed by atoms with Crippen molar-refractivity contribution in [2.24, 2.45) is 5.41 Å². The molecule has 0 saturated carbocycles. The van der Waals surface area contributed by atoms with Gasteiger partial charge in [-0.05, 0) is 52.5 Å². The van der Waals surface area contributed by atoms with E-state index in [0.717, 1.165) is 45.7 Å². The minimum atomic E-state index is 0.0556. The molecule has 184 valence electrons. The fourth-order valence-corrected chi connectivity index (χ4v) is 5.05. The van der Waals surface area contributed by atoms with Crippen LogP contribution in [0.5, 0.6) is 0 Å². The van der Waals surface area contributed by atoms with E-state index in [2.05, 4.69) is 78.6 Å². The lowest BCUT2D eigenvalue weighted by Gasteiger charge is -2.36. The average molecular weight is 464 g/mol. The molecule has 5 rings (SSSR count). The van der Waals surface area contributed by atoms with E-state index in [1.807, 2.05) is 13.8 Å². The SMILES string of the molecule is CC.CC(C)(C)CC(=O)N1CCC(c2ccc(-c3ccc4c(c3)N(C3COC3)NC4)cc2)CC1. The van der Waals surface area contributed by atoms with Crippen LogP contribution in [-0.4, -0.2) is 43.2 Å². The summed E-state index contributed by atoms with van der Waals surface area (Å²) in [6, 6.07) is 16.3. The molecule has 0 radical (unpaired) electrons. The molecule has 3 aliphatic heterocycles. The maximum atomic E-state index is 12.5. The fraction of sp³-hybridized carbons (Fsp3) is 0.552. The zero-order valence-electron chi connectivity index (χ0n) is 21.6. The monoisotopic (exact) mass is 463 g/mol. The summed E-state index contributed by atoms with van der Waals surface area (Å²) >= 11 is 0. The number of nitrogens with zero attached hydrogens (tertiary/aromatic N) is 2. The molecular formula is C29H41N3O2. The number of hydrogen-bond donors (Lipinski definition) is 1. The highest BCUT2D eigenvalue weighted by atomic mass is 16.5. The highest BCUT2D eigenvalue weighted by Crippen LogP contribution is 2.35. The first kappa shape index (κ1) is 24.7. The predicted molar refractivity (Wildman–Crippen MR) is 140 cm³/mol. The lowest BCUT2D eigenvalue weighted by molar-refractivity contribution is -0.134. The van der Waals surface area contributed by atoms with Gasteiger partial charge < -0.3 is 14.6 Å². The van der Waals surface area contributed by atoms with Crippen LogP contribution in [-0.2, 0) is 16.1 Å². The maximum absolute atomic E-state index is 12.5. The Morgan fingerprint density at radius 2 is 1.65 bits per heavy atom. The van der Waals surface area contributed by atoms with Gasteiger partial charge in [0, 0.05) is 26.1 Å². The van der Waals surface area contributed by atoms with E-state index >= 15 is 0 Å². The molecule has 3 heterocycles. The minimum Gasteiger partial charge on any atom is -0.377 e. The third-order valence-electron chi connectivity index (χ3n) is 7.01. The lowest BCUT2D eigenvalue weighted by atomic mass is 9.87. The van der Waals surface area contributed by atoms with Crippen molar-refractivity contribution in [1.82, 2.24) is 10.3 Å². The van der Waals surface area contributed by atoms with E-state index in [1.54, 1.807) is 0 Å². The van der Waals surface area contributed by atoms with E-state index in [1.165, 1.54) is 27.9 Å². The summed E-state index contributed by atoms with van der Waals surface area (Å²) in [6.07, 6.45) is 2.74. The van der Waals surface area contributed by atoms with Gasteiger partial charge in [-0.1, -0.05) is 71.0 Å². The summed E-state index contributed by atoms with van der Waals surface area (Å²) in [5, 5.41) is 2.28. The zero-order valence-corrected chi connectivity index (χ0v) is 21.6. The van der Waals surface area contributed by atoms with E-state index in [-0.39, 0.29) is 5.41 Å². The number of fused-ring (bicyclic) bond motifs is 1. The molecule has 0 bridgehead atoms. The number of carbonyl (C=O) groups is 1. The number of amides is 1. The molecule has 34 heavy (non-hydrogen) atoms. The van der Waals surface area contributed by atoms with Gasteiger partial charge >= 0.3 is 0 Å². The van der Waals surface area contributed by atoms with Crippen molar-refractivity contribution in [3.8, 4) is 11.1 Å². The van der Waals surface area contributed by atoms with Gasteiger partial charge in [0.1, 0.15) is 0 Å². The molecular weight excluding hydrogens is 422 g/mol. The number of anilines is 1. The van der Waals surface area contributed by atoms with Gasteiger partial charge in [-0.25, -0.2) is 5.43 Å². The lowest BCUT2D eigenvalue weighted by Crippen LogP contribution is -2.53. The van der Waals surface area contributed by atoms with Gasteiger partial charge in [0.15, 0.2) is 0 Å². The topological polar surface area (TPSA) is 44.8 Å². The molecule has 0 atom stereocenters. The highest BCUT2D eigenvalue weighted by Gasteiger charge is 2.31. The molecule has 2 saturated heterocycles. The largest absolute Gasteiger partial charge is 0.377 e. The standard InChI is InChI=1S/C27H35N3O2.C2H6/c1-27(2,3)15-26(31)29-12-10-21(11-13-29)19-4-6-20(7-5-19)22-8-9-23-16-28-30(25(23)14-22)24-17-32-18-24;1-2/h4-9,14,21,24,28H,10-13,15-18H2,1-3H3;1-2H3. The third-order valence-corrected chi connectivity index (χ3v) is 7.01. The number of rotatable bonds is 4. The molecule has 2 aromatic rings. The number of benzene rings is 2. The average Bonchev–Trinajstić information content (AvgIpc) is 3.21. The molecule has 5 heteroatoms. The van der Waals surface area contributed by atoms with Crippen molar-refractivity contribution in [3.63, 3.8) is 0 Å². The van der Waals surface area contributed by atoms with Crippen LogP contribution in [0.1, 0.15) is 70.9 Å². The molecule has 0 aliphatic carbocycles. The van der Waals surface area contributed by atoms with Crippen LogP contribution in [0.15, 0.2) is 42.5 Å². The number of hydrogen-bond acceptors (Lipinski definition) is 4. The first-order valence-corrected chi connectivity index (χ1v) is 13.0. The Balaban J connectivity index is 0.00000133. The van der Waals surface area contributed by atoms with Crippen LogP contribution in [0, 0.1) is 5.41 Å². The molecule has 0 aromatic heterocycles. The molecule has 0 unspecified atom stereocenters. The Labute approximate surface area is 205 Å². The van der Waals surface area contributed by atoms with Gasteiger partial charge in [-0.3, -0.25) is 4.79 Å². The summed E-state index contributed by atoms with van der Waals surface area (Å²) in [5.41, 5.74) is 10.1. The Hall–Kier alpha value is -2.37. The van der Waals surface area contributed by atoms with Gasteiger partial charge in [0.25, 0.3) is 0 Å². The number of piperidine rings is 1. The van der Waals surface area contributed by atoms with Gasteiger partial charge in [0.05, 0.1) is 24.9 Å². The van der Waals surface area contributed by atoms with Crippen LogP contribution >= 0.6 is 0 Å². The predicted octanol–water partition coefficient (Wildman–Crippen LogP) is 5.75.